The van der Waals surface area contributed by atoms with E-state index in [4.69, 9.17) is 9.15 Å². The van der Waals surface area contributed by atoms with Crippen molar-refractivity contribution in [3.8, 4) is 5.75 Å². The van der Waals surface area contributed by atoms with Gasteiger partial charge in [0.2, 0.25) is 0 Å². The van der Waals surface area contributed by atoms with Gasteiger partial charge >= 0.3 is 11.7 Å². The van der Waals surface area contributed by atoms with E-state index in [-0.39, 0.29) is 11.4 Å². The van der Waals surface area contributed by atoms with E-state index < -0.39 is 10.9 Å². The molecule has 23 heavy (non-hydrogen) atoms. The average molecular weight is 311 g/mol. The molecule has 6 nitrogen and oxygen atoms in total. The molecule has 0 aliphatic carbocycles. The van der Waals surface area contributed by atoms with Gasteiger partial charge in [-0.1, -0.05) is 25.1 Å². The van der Waals surface area contributed by atoms with Gasteiger partial charge in [-0.05, 0) is 36.2 Å². The molecule has 0 saturated carbocycles. The summed E-state index contributed by atoms with van der Waals surface area (Å²) in [6.45, 7) is 1.95. The summed E-state index contributed by atoms with van der Waals surface area (Å²) in [4.78, 5) is 22.7. The summed E-state index contributed by atoms with van der Waals surface area (Å²) in [5.74, 6) is -0.258. The predicted octanol–water partition coefficient (Wildman–Crippen LogP) is 4.12. The average Bonchev–Trinajstić information content (AvgIpc) is 2.98. The third-order valence-corrected chi connectivity index (χ3v) is 3.55. The molecule has 0 fully saturated rings. The summed E-state index contributed by atoms with van der Waals surface area (Å²) < 4.78 is 10.5. The van der Waals surface area contributed by atoms with Gasteiger partial charge in [0, 0.05) is 0 Å². The number of esters is 1. The van der Waals surface area contributed by atoms with Crippen LogP contribution in [0, 0.1) is 10.1 Å². The fourth-order valence-electron chi connectivity index (χ4n) is 2.39. The van der Waals surface area contributed by atoms with Gasteiger partial charge in [-0.2, -0.15) is 0 Å². The van der Waals surface area contributed by atoms with Crippen LogP contribution in [0.3, 0.4) is 0 Å². The molecular weight excluding hydrogens is 298 g/mol. The number of benzene rings is 2. The zero-order valence-electron chi connectivity index (χ0n) is 12.3. The number of furan rings is 1. The van der Waals surface area contributed by atoms with E-state index in [1.807, 2.05) is 19.1 Å². The first-order valence-electron chi connectivity index (χ1n) is 7.06. The maximum absolute atomic E-state index is 12.3. The smallest absolute Gasteiger partial charge is 0.343 e. The molecule has 2 aromatic carbocycles. The van der Waals surface area contributed by atoms with Gasteiger partial charge in [0.05, 0.1) is 10.5 Å². The fourth-order valence-corrected chi connectivity index (χ4v) is 2.39. The molecule has 3 rings (SSSR count). The van der Waals surface area contributed by atoms with E-state index in [2.05, 4.69) is 0 Å². The van der Waals surface area contributed by atoms with Gasteiger partial charge in [-0.25, -0.2) is 4.79 Å². The minimum atomic E-state index is -0.538. The lowest BCUT2D eigenvalue weighted by Gasteiger charge is -2.07. The molecule has 0 saturated heterocycles. The predicted molar refractivity (Wildman–Crippen MR) is 83.6 cm³/mol. The highest BCUT2D eigenvalue weighted by Gasteiger charge is 2.18. The number of nitrogens with zero attached hydrogens (tertiary/aromatic N) is 1. The van der Waals surface area contributed by atoms with Crippen molar-refractivity contribution in [3.05, 3.63) is 70.0 Å². The molecule has 0 aliphatic heterocycles. The largest absolute Gasteiger partial charge is 0.457 e. The first kappa shape index (κ1) is 14.8. The van der Waals surface area contributed by atoms with Crippen molar-refractivity contribution in [3.63, 3.8) is 0 Å². The Bertz CT molecular complexity index is 897. The van der Waals surface area contributed by atoms with Crippen LogP contribution >= 0.6 is 0 Å². The molecular formula is C17H13NO5. The van der Waals surface area contributed by atoms with Crippen molar-refractivity contribution in [2.45, 2.75) is 13.3 Å². The van der Waals surface area contributed by atoms with Crippen LogP contribution in [0.15, 0.2) is 53.1 Å². The monoisotopic (exact) mass is 311 g/mol. The molecule has 1 heterocycles. The number of fused-ring (bicyclic) bond motifs is 1. The zero-order valence-corrected chi connectivity index (χ0v) is 12.3. The van der Waals surface area contributed by atoms with Crippen LogP contribution in [0.5, 0.6) is 5.75 Å². The minimum Gasteiger partial charge on any atom is -0.457 e. The third kappa shape index (κ3) is 2.78. The number of hydrogen-bond donors (Lipinski definition) is 0. The molecule has 1 aromatic heterocycles. The Morgan fingerprint density at radius 2 is 2.04 bits per heavy atom. The number of hydrogen-bond acceptors (Lipinski definition) is 5. The Labute approximate surface area is 131 Å². The van der Waals surface area contributed by atoms with Gasteiger partial charge in [-0.3, -0.25) is 10.1 Å². The number of aryl methyl sites for hydroxylation is 1. The van der Waals surface area contributed by atoms with Crippen LogP contribution in [0.2, 0.25) is 0 Å². The highest BCUT2D eigenvalue weighted by Crippen LogP contribution is 2.31. The Balaban J connectivity index is 1.93. The van der Waals surface area contributed by atoms with Gasteiger partial charge in [0.25, 0.3) is 0 Å². The molecule has 0 amide bonds. The maximum Gasteiger partial charge on any atom is 0.343 e. The third-order valence-electron chi connectivity index (χ3n) is 3.55. The molecule has 3 aromatic rings. The Hall–Kier alpha value is -3.15. The van der Waals surface area contributed by atoms with E-state index in [1.54, 1.807) is 18.2 Å². The normalized spacial score (nSPS) is 10.7. The first-order chi connectivity index (χ1) is 11.1. The quantitative estimate of drug-likeness (QED) is 0.313. The lowest BCUT2D eigenvalue weighted by atomic mass is 10.1. The summed E-state index contributed by atoms with van der Waals surface area (Å²) >= 11 is 0. The summed E-state index contributed by atoms with van der Waals surface area (Å²) in [5, 5.41) is 11.2. The maximum atomic E-state index is 12.3. The van der Waals surface area contributed by atoms with Crippen molar-refractivity contribution in [1.82, 2.24) is 0 Å². The topological polar surface area (TPSA) is 82.6 Å². The molecule has 116 valence electrons. The molecule has 0 spiro atoms. The SMILES string of the molecule is CCc1ccccc1C(=O)Oc1ccc2occ([N+](=O)[O-])c2c1. The van der Waals surface area contributed by atoms with Crippen LogP contribution in [0.25, 0.3) is 11.0 Å². The zero-order chi connectivity index (χ0) is 16.4. The number of carbonyl (C=O) groups is 1. The lowest BCUT2D eigenvalue weighted by molar-refractivity contribution is -0.383. The standard InChI is InChI=1S/C17H13NO5/c1-2-11-5-3-4-6-13(11)17(19)23-12-7-8-16-14(9-12)15(10-22-16)18(20)21/h3-10H,2H2,1H3. The van der Waals surface area contributed by atoms with Crippen LogP contribution < -0.4 is 4.74 Å². The Morgan fingerprint density at radius 3 is 2.78 bits per heavy atom. The lowest BCUT2D eigenvalue weighted by Crippen LogP contribution is -2.11. The van der Waals surface area contributed by atoms with Crippen LogP contribution in [0.1, 0.15) is 22.8 Å². The van der Waals surface area contributed by atoms with Crippen molar-refractivity contribution < 1.29 is 18.9 Å². The molecule has 0 radical (unpaired) electrons. The molecule has 0 atom stereocenters. The highest BCUT2D eigenvalue weighted by atomic mass is 16.6. The van der Waals surface area contributed by atoms with Gasteiger partial charge in [0.15, 0.2) is 6.26 Å². The van der Waals surface area contributed by atoms with E-state index in [0.29, 0.717) is 23.0 Å². The van der Waals surface area contributed by atoms with Gasteiger partial charge in [0.1, 0.15) is 16.7 Å². The van der Waals surface area contributed by atoms with Crippen molar-refractivity contribution in [1.29, 1.82) is 0 Å². The first-order valence-corrected chi connectivity index (χ1v) is 7.06. The number of ether oxygens (including phenoxy) is 1. The summed E-state index contributed by atoms with van der Waals surface area (Å²) in [7, 11) is 0. The second-order valence-corrected chi connectivity index (χ2v) is 4.94. The second-order valence-electron chi connectivity index (χ2n) is 4.94. The Morgan fingerprint density at radius 1 is 1.26 bits per heavy atom. The minimum absolute atomic E-state index is 0.160. The molecule has 0 aliphatic rings. The number of rotatable bonds is 4. The summed E-state index contributed by atoms with van der Waals surface area (Å²) in [6, 6.07) is 11.7. The van der Waals surface area contributed by atoms with Crippen LogP contribution in [-0.4, -0.2) is 10.9 Å². The molecule has 0 bridgehead atoms. The summed E-state index contributed by atoms with van der Waals surface area (Å²) in [5.41, 5.74) is 1.57. The molecule has 0 N–H and O–H groups in total. The van der Waals surface area contributed by atoms with Gasteiger partial charge < -0.3 is 9.15 Å². The van der Waals surface area contributed by atoms with E-state index in [0.717, 1.165) is 11.8 Å². The van der Waals surface area contributed by atoms with Crippen molar-refractivity contribution in [2.75, 3.05) is 0 Å². The number of carbonyl (C=O) groups excluding carboxylic acids is 1. The number of nitro groups is 1. The van der Waals surface area contributed by atoms with E-state index in [9.17, 15) is 14.9 Å². The highest BCUT2D eigenvalue weighted by molar-refractivity contribution is 5.94. The van der Waals surface area contributed by atoms with Crippen molar-refractivity contribution >= 4 is 22.6 Å². The van der Waals surface area contributed by atoms with Crippen LogP contribution in [-0.2, 0) is 6.42 Å². The summed E-state index contributed by atoms with van der Waals surface area (Å²) in [6.07, 6.45) is 1.78. The Kier molecular flexibility index (Phi) is 3.80. The van der Waals surface area contributed by atoms with E-state index in [1.165, 1.54) is 12.1 Å². The van der Waals surface area contributed by atoms with E-state index >= 15 is 0 Å². The van der Waals surface area contributed by atoms with Gasteiger partial charge in [-0.15, -0.1) is 0 Å². The second kappa shape index (κ2) is 5.92. The van der Waals surface area contributed by atoms with Crippen LogP contribution in [0.4, 0.5) is 5.69 Å². The van der Waals surface area contributed by atoms with Crippen molar-refractivity contribution in [2.24, 2.45) is 0 Å². The fraction of sp³-hybridized carbons (Fsp3) is 0.118. The molecule has 6 heteroatoms. The molecule has 0 unspecified atom stereocenters.